The third-order valence-electron chi connectivity index (χ3n) is 0.999. The number of hydrogen-bond acceptors (Lipinski definition) is 3. The molecule has 10 heavy (non-hydrogen) atoms. The molecule has 0 saturated heterocycles. The highest BCUT2D eigenvalue weighted by Gasteiger charge is 2.13. The molecule has 3 nitrogen and oxygen atoms in total. The molecular formula is C6H11BO3. The number of rotatable bonds is 4. The van der Waals surface area contributed by atoms with Crippen molar-refractivity contribution in [2.45, 2.75) is 25.8 Å². The fraction of sp³-hybridized carbons (Fsp3) is 0.833. The van der Waals surface area contributed by atoms with Crippen LogP contribution in [0.2, 0.25) is 6.32 Å². The zero-order valence-electron chi connectivity index (χ0n) is 6.04. The van der Waals surface area contributed by atoms with Gasteiger partial charge >= 0.3 is 5.97 Å². The summed E-state index contributed by atoms with van der Waals surface area (Å²) in [6.07, 6.45) is -0.497. The van der Waals surface area contributed by atoms with Gasteiger partial charge in [0.2, 0.25) is 0 Å². The van der Waals surface area contributed by atoms with Crippen molar-refractivity contribution in [1.82, 2.24) is 0 Å². The molecule has 0 rings (SSSR count). The maximum atomic E-state index is 10.6. The van der Waals surface area contributed by atoms with Crippen molar-refractivity contribution in [2.24, 2.45) is 0 Å². The first kappa shape index (κ1) is 9.49. The highest BCUT2D eigenvalue weighted by atomic mass is 16.5. The Hall–Kier alpha value is -0.505. The molecule has 0 fully saturated rings. The third kappa shape index (κ3) is 3.51. The van der Waals surface area contributed by atoms with Gasteiger partial charge in [-0.1, -0.05) is 6.32 Å². The van der Waals surface area contributed by atoms with Crippen molar-refractivity contribution in [3.63, 3.8) is 0 Å². The van der Waals surface area contributed by atoms with Gasteiger partial charge in [0.15, 0.2) is 6.10 Å². The first-order chi connectivity index (χ1) is 4.72. The molecule has 0 aromatic heterocycles. The summed E-state index contributed by atoms with van der Waals surface area (Å²) in [7, 11) is 5.10. The lowest BCUT2D eigenvalue weighted by Crippen LogP contribution is -2.22. The van der Waals surface area contributed by atoms with E-state index < -0.39 is 12.1 Å². The summed E-state index contributed by atoms with van der Waals surface area (Å²) in [6.45, 7) is 1.98. The molecule has 1 atom stereocenters. The molecule has 0 saturated carbocycles. The molecule has 0 bridgehead atoms. The van der Waals surface area contributed by atoms with Crippen LogP contribution in [-0.2, 0) is 9.53 Å². The predicted molar refractivity (Wildman–Crippen MR) is 37.8 cm³/mol. The van der Waals surface area contributed by atoms with Crippen LogP contribution in [0.15, 0.2) is 0 Å². The van der Waals surface area contributed by atoms with Crippen LogP contribution < -0.4 is 0 Å². The van der Waals surface area contributed by atoms with Crippen LogP contribution in [0.1, 0.15) is 13.3 Å². The number of aliphatic hydroxyl groups is 1. The van der Waals surface area contributed by atoms with Gasteiger partial charge in [-0.2, -0.15) is 0 Å². The maximum Gasteiger partial charge on any atom is 0.334 e. The Morgan fingerprint density at radius 3 is 2.80 bits per heavy atom. The third-order valence-corrected chi connectivity index (χ3v) is 0.999. The van der Waals surface area contributed by atoms with Crippen LogP contribution in [0, 0.1) is 0 Å². The molecule has 0 aromatic rings. The second-order valence-electron chi connectivity index (χ2n) is 1.85. The van der Waals surface area contributed by atoms with Gasteiger partial charge in [-0.25, -0.2) is 4.79 Å². The number of carbonyl (C=O) groups is 1. The molecule has 2 radical (unpaired) electrons. The molecule has 0 aliphatic carbocycles. The number of hydrogen-bond donors (Lipinski definition) is 1. The molecule has 0 amide bonds. The van der Waals surface area contributed by atoms with Crippen LogP contribution in [0.5, 0.6) is 0 Å². The zero-order valence-corrected chi connectivity index (χ0v) is 6.04. The Morgan fingerprint density at radius 2 is 2.40 bits per heavy atom. The summed E-state index contributed by atoms with van der Waals surface area (Å²) in [5, 5.41) is 8.89. The van der Waals surface area contributed by atoms with E-state index in [-0.39, 0.29) is 6.42 Å². The topological polar surface area (TPSA) is 46.5 Å². The number of ether oxygens (including phenoxy) is 1. The van der Waals surface area contributed by atoms with Crippen molar-refractivity contribution in [2.75, 3.05) is 6.61 Å². The fourth-order valence-electron chi connectivity index (χ4n) is 0.514. The van der Waals surface area contributed by atoms with Crippen LogP contribution in [0.25, 0.3) is 0 Å². The second-order valence-corrected chi connectivity index (χ2v) is 1.85. The highest BCUT2D eigenvalue weighted by molar-refractivity contribution is 6.08. The molecule has 0 aromatic carbocycles. The zero-order chi connectivity index (χ0) is 7.98. The van der Waals surface area contributed by atoms with Crippen molar-refractivity contribution >= 4 is 13.8 Å². The molecule has 0 heterocycles. The summed E-state index contributed by atoms with van der Waals surface area (Å²) in [5.74, 6) is -0.590. The van der Waals surface area contributed by atoms with Crippen molar-refractivity contribution in [3.8, 4) is 0 Å². The summed E-state index contributed by atoms with van der Waals surface area (Å²) < 4.78 is 4.51. The molecule has 0 aliphatic rings. The van der Waals surface area contributed by atoms with Crippen LogP contribution in [0.3, 0.4) is 0 Å². The first-order valence-electron chi connectivity index (χ1n) is 3.27. The number of aliphatic hydroxyl groups excluding tert-OH is 1. The van der Waals surface area contributed by atoms with Gasteiger partial charge in [0.1, 0.15) is 0 Å². The summed E-state index contributed by atoms with van der Waals surface area (Å²) in [4.78, 5) is 10.6. The SMILES string of the molecule is [B]CC[C@@H](O)C(=O)OCC. The Labute approximate surface area is 61.8 Å². The molecule has 56 valence electrons. The molecule has 0 unspecified atom stereocenters. The second kappa shape index (κ2) is 5.29. The molecule has 1 N–H and O–H groups in total. The minimum Gasteiger partial charge on any atom is -0.464 e. The summed E-state index contributed by atoms with van der Waals surface area (Å²) in [5.41, 5.74) is 0. The molecule has 0 spiro atoms. The van der Waals surface area contributed by atoms with E-state index in [9.17, 15) is 4.79 Å². The van der Waals surface area contributed by atoms with Gasteiger partial charge < -0.3 is 9.84 Å². The van der Waals surface area contributed by atoms with E-state index in [1.54, 1.807) is 6.92 Å². The summed E-state index contributed by atoms with van der Waals surface area (Å²) in [6, 6.07) is 0. The van der Waals surface area contributed by atoms with Gasteiger partial charge in [-0.15, -0.1) is 0 Å². The molecule has 4 heteroatoms. The Balaban J connectivity index is 3.49. The largest absolute Gasteiger partial charge is 0.464 e. The Bertz CT molecular complexity index is 105. The number of carbonyl (C=O) groups excluding carboxylic acids is 1. The maximum absolute atomic E-state index is 10.6. The lowest BCUT2D eigenvalue weighted by molar-refractivity contribution is -0.153. The van der Waals surface area contributed by atoms with Gasteiger partial charge in [0.05, 0.1) is 14.5 Å². The minimum atomic E-state index is -1.05. The average Bonchev–Trinajstić information content (AvgIpc) is 1.89. The van der Waals surface area contributed by atoms with E-state index in [1.165, 1.54) is 0 Å². The van der Waals surface area contributed by atoms with Gasteiger partial charge in [-0.3, -0.25) is 0 Å². The van der Waals surface area contributed by atoms with Gasteiger partial charge in [0, 0.05) is 0 Å². The minimum absolute atomic E-state index is 0.263. The van der Waals surface area contributed by atoms with E-state index >= 15 is 0 Å². The van der Waals surface area contributed by atoms with Crippen molar-refractivity contribution in [3.05, 3.63) is 0 Å². The van der Waals surface area contributed by atoms with Crippen molar-refractivity contribution in [1.29, 1.82) is 0 Å². The predicted octanol–water partition coefficient (Wildman–Crippen LogP) is -0.113. The van der Waals surface area contributed by atoms with E-state index in [2.05, 4.69) is 4.74 Å². The Morgan fingerprint density at radius 1 is 1.80 bits per heavy atom. The van der Waals surface area contributed by atoms with E-state index in [4.69, 9.17) is 13.0 Å². The monoisotopic (exact) mass is 142 g/mol. The fourth-order valence-corrected chi connectivity index (χ4v) is 0.514. The standard InChI is InChI=1S/C6H11BO3/c1-2-10-6(9)5(8)3-4-7/h5,8H,2-4H2,1H3/t5-/m1/s1. The lowest BCUT2D eigenvalue weighted by atomic mass is 9.99. The van der Waals surface area contributed by atoms with Gasteiger partial charge in [-0.05, 0) is 13.3 Å². The molecular weight excluding hydrogens is 131 g/mol. The van der Waals surface area contributed by atoms with E-state index in [0.29, 0.717) is 12.9 Å². The highest BCUT2D eigenvalue weighted by Crippen LogP contribution is 1.96. The van der Waals surface area contributed by atoms with Crippen molar-refractivity contribution < 1.29 is 14.6 Å². The quantitative estimate of drug-likeness (QED) is 0.439. The van der Waals surface area contributed by atoms with Crippen LogP contribution >= 0.6 is 0 Å². The smallest absolute Gasteiger partial charge is 0.334 e. The van der Waals surface area contributed by atoms with Crippen LogP contribution in [0.4, 0.5) is 0 Å². The Kier molecular flexibility index (Phi) is 5.03. The van der Waals surface area contributed by atoms with E-state index in [0.717, 1.165) is 0 Å². The van der Waals surface area contributed by atoms with E-state index in [1.807, 2.05) is 0 Å². The number of esters is 1. The van der Waals surface area contributed by atoms with Crippen LogP contribution in [-0.4, -0.2) is 31.6 Å². The lowest BCUT2D eigenvalue weighted by Gasteiger charge is -2.06. The normalized spacial score (nSPS) is 12.6. The van der Waals surface area contributed by atoms with Gasteiger partial charge in [0.25, 0.3) is 0 Å². The average molecular weight is 142 g/mol. The summed E-state index contributed by atoms with van der Waals surface area (Å²) >= 11 is 0. The molecule has 0 aliphatic heterocycles. The first-order valence-corrected chi connectivity index (χ1v) is 3.27.